The van der Waals surface area contributed by atoms with E-state index in [2.05, 4.69) is 0 Å². The van der Waals surface area contributed by atoms with Gasteiger partial charge >= 0.3 is 6.18 Å². The Hall–Kier alpha value is -2.96. The summed E-state index contributed by atoms with van der Waals surface area (Å²) in [6.45, 7) is 0.197. The molecule has 144 valence electrons. The molecule has 2 rings (SSSR count). The smallest absolute Gasteiger partial charge is 0.416 e. The van der Waals surface area contributed by atoms with Crippen LogP contribution in [0, 0.1) is 0 Å². The third-order valence-corrected chi connectivity index (χ3v) is 3.87. The van der Waals surface area contributed by atoms with Gasteiger partial charge < -0.3 is 14.4 Å². The highest BCUT2D eigenvalue weighted by Crippen LogP contribution is 2.29. The molecule has 2 aromatic carbocycles. The molecule has 0 aromatic heterocycles. The summed E-state index contributed by atoms with van der Waals surface area (Å²) in [6, 6.07) is 9.96. The van der Waals surface area contributed by atoms with E-state index >= 15 is 0 Å². The Morgan fingerprint density at radius 3 is 2.07 bits per heavy atom. The first-order valence-electron chi connectivity index (χ1n) is 8.05. The lowest BCUT2D eigenvalue weighted by Gasteiger charge is -2.16. The van der Waals surface area contributed by atoms with Crippen LogP contribution < -0.4 is 9.47 Å². The van der Waals surface area contributed by atoms with E-state index in [0.717, 1.165) is 17.7 Å². The van der Waals surface area contributed by atoms with Gasteiger partial charge in [-0.05, 0) is 41.5 Å². The van der Waals surface area contributed by atoms with Crippen LogP contribution in [0.25, 0.3) is 6.08 Å². The molecule has 4 nitrogen and oxygen atoms in total. The molecule has 0 aliphatic heterocycles. The molecule has 7 heteroatoms. The number of amides is 1. The van der Waals surface area contributed by atoms with Crippen LogP contribution in [0.3, 0.4) is 0 Å². The number of methoxy groups -OCH3 is 2. The Bertz CT molecular complexity index is 792. The third-order valence-electron chi connectivity index (χ3n) is 3.87. The Morgan fingerprint density at radius 2 is 1.59 bits per heavy atom. The molecule has 0 aliphatic carbocycles. The number of nitrogens with zero attached hydrogens (tertiary/aromatic N) is 1. The first-order chi connectivity index (χ1) is 12.7. The number of halogens is 3. The molecule has 0 radical (unpaired) electrons. The topological polar surface area (TPSA) is 38.8 Å². The quantitative estimate of drug-likeness (QED) is 0.699. The minimum absolute atomic E-state index is 0.197. The summed E-state index contributed by atoms with van der Waals surface area (Å²) in [4.78, 5) is 13.7. The van der Waals surface area contributed by atoms with Crippen molar-refractivity contribution in [2.75, 3.05) is 21.3 Å². The Kier molecular flexibility index (Phi) is 6.50. The fraction of sp³-hybridized carbons (Fsp3) is 0.250. The van der Waals surface area contributed by atoms with Crippen LogP contribution in [-0.4, -0.2) is 32.1 Å². The number of ether oxygens (including phenoxy) is 2. The van der Waals surface area contributed by atoms with Gasteiger partial charge in [0.1, 0.15) is 11.5 Å². The maximum Gasteiger partial charge on any atom is 0.416 e. The van der Waals surface area contributed by atoms with Crippen LogP contribution in [0.1, 0.15) is 16.7 Å². The van der Waals surface area contributed by atoms with Crippen LogP contribution in [0.5, 0.6) is 11.5 Å². The number of carbonyl (C=O) groups is 1. The first-order valence-corrected chi connectivity index (χ1v) is 8.05. The normalized spacial score (nSPS) is 11.5. The van der Waals surface area contributed by atoms with Gasteiger partial charge in [-0.3, -0.25) is 4.79 Å². The maximum absolute atomic E-state index is 12.6. The Balaban J connectivity index is 2.04. The van der Waals surface area contributed by atoms with Gasteiger partial charge in [0.15, 0.2) is 0 Å². The highest BCUT2D eigenvalue weighted by atomic mass is 19.4. The molecule has 2 aromatic rings. The zero-order chi connectivity index (χ0) is 20.0. The summed E-state index contributed by atoms with van der Waals surface area (Å²) >= 11 is 0. The van der Waals surface area contributed by atoms with Crippen LogP contribution in [-0.2, 0) is 17.5 Å². The molecule has 0 N–H and O–H groups in total. The lowest BCUT2D eigenvalue weighted by Crippen LogP contribution is -2.24. The van der Waals surface area contributed by atoms with Crippen LogP contribution >= 0.6 is 0 Å². The molecule has 27 heavy (non-hydrogen) atoms. The predicted octanol–water partition coefficient (Wildman–Crippen LogP) is 4.39. The number of rotatable bonds is 6. The lowest BCUT2D eigenvalue weighted by molar-refractivity contribution is -0.137. The van der Waals surface area contributed by atoms with Gasteiger partial charge in [-0.2, -0.15) is 13.2 Å². The molecule has 0 saturated heterocycles. The van der Waals surface area contributed by atoms with E-state index in [-0.39, 0.29) is 12.5 Å². The van der Waals surface area contributed by atoms with Gasteiger partial charge in [0.25, 0.3) is 0 Å². The standard InChI is InChI=1S/C20H20F3NO3/c1-24(13-14-4-7-16(8-5-14)20(21,22)23)19(25)9-6-15-10-17(26-2)12-18(11-15)27-3/h4-12H,13H2,1-3H3/b9-6+. The SMILES string of the molecule is COc1cc(/C=C/C(=O)N(C)Cc2ccc(C(F)(F)F)cc2)cc(OC)c1. The van der Waals surface area contributed by atoms with Crippen molar-refractivity contribution in [3.05, 3.63) is 65.2 Å². The molecule has 1 amide bonds. The van der Waals surface area contributed by atoms with E-state index in [1.165, 1.54) is 37.3 Å². The fourth-order valence-electron chi connectivity index (χ4n) is 2.37. The molecule has 0 spiro atoms. The van der Waals surface area contributed by atoms with Crippen LogP contribution in [0.2, 0.25) is 0 Å². The molecular weight excluding hydrogens is 359 g/mol. The van der Waals surface area contributed by atoms with E-state index in [1.807, 2.05) is 0 Å². The molecule has 0 saturated carbocycles. The van der Waals surface area contributed by atoms with Crippen molar-refractivity contribution in [3.63, 3.8) is 0 Å². The van der Waals surface area contributed by atoms with Crippen molar-refractivity contribution in [1.29, 1.82) is 0 Å². The van der Waals surface area contributed by atoms with Gasteiger partial charge in [0.05, 0.1) is 19.8 Å². The summed E-state index contributed by atoms with van der Waals surface area (Å²) in [5.74, 6) is 0.913. The second-order valence-electron chi connectivity index (χ2n) is 5.87. The summed E-state index contributed by atoms with van der Waals surface area (Å²) < 4.78 is 48.1. The van der Waals surface area contributed by atoms with E-state index in [1.54, 1.807) is 31.3 Å². The zero-order valence-electron chi connectivity index (χ0n) is 15.2. The molecule has 0 aliphatic rings. The predicted molar refractivity (Wildman–Crippen MR) is 96.5 cm³/mol. The number of hydrogen-bond donors (Lipinski definition) is 0. The Morgan fingerprint density at radius 1 is 1.04 bits per heavy atom. The molecule has 0 unspecified atom stereocenters. The maximum atomic E-state index is 12.6. The van der Waals surface area contributed by atoms with Crippen LogP contribution in [0.15, 0.2) is 48.5 Å². The average Bonchev–Trinajstić information content (AvgIpc) is 2.65. The highest BCUT2D eigenvalue weighted by Gasteiger charge is 2.29. The number of benzene rings is 2. The van der Waals surface area contributed by atoms with E-state index in [9.17, 15) is 18.0 Å². The number of carbonyl (C=O) groups excluding carboxylic acids is 1. The van der Waals surface area contributed by atoms with Gasteiger partial charge in [-0.15, -0.1) is 0 Å². The highest BCUT2D eigenvalue weighted by molar-refractivity contribution is 5.91. The number of hydrogen-bond acceptors (Lipinski definition) is 3. The van der Waals surface area contributed by atoms with Gasteiger partial charge in [0, 0.05) is 25.7 Å². The third kappa shape index (κ3) is 5.77. The largest absolute Gasteiger partial charge is 0.497 e. The fourth-order valence-corrected chi connectivity index (χ4v) is 2.37. The van der Waals surface area contributed by atoms with E-state index in [4.69, 9.17) is 9.47 Å². The second kappa shape index (κ2) is 8.62. The number of alkyl halides is 3. The second-order valence-corrected chi connectivity index (χ2v) is 5.87. The van der Waals surface area contributed by atoms with Gasteiger partial charge in [0.2, 0.25) is 5.91 Å². The van der Waals surface area contributed by atoms with Crippen molar-refractivity contribution >= 4 is 12.0 Å². The first kappa shape index (κ1) is 20.4. The molecule has 0 atom stereocenters. The van der Waals surface area contributed by atoms with Crippen molar-refractivity contribution in [3.8, 4) is 11.5 Å². The van der Waals surface area contributed by atoms with Gasteiger partial charge in [-0.1, -0.05) is 12.1 Å². The average molecular weight is 379 g/mol. The Labute approximate surface area is 155 Å². The molecule has 0 heterocycles. The lowest BCUT2D eigenvalue weighted by atomic mass is 10.1. The van der Waals surface area contributed by atoms with Crippen molar-refractivity contribution in [1.82, 2.24) is 4.90 Å². The van der Waals surface area contributed by atoms with Gasteiger partial charge in [-0.25, -0.2) is 0 Å². The summed E-state index contributed by atoms with van der Waals surface area (Å²) in [5, 5.41) is 0. The summed E-state index contributed by atoms with van der Waals surface area (Å²) in [6.07, 6.45) is -1.37. The minimum atomic E-state index is -4.37. The van der Waals surface area contributed by atoms with E-state index in [0.29, 0.717) is 17.1 Å². The zero-order valence-corrected chi connectivity index (χ0v) is 15.2. The summed E-state index contributed by atoms with van der Waals surface area (Å²) in [5.41, 5.74) is 0.616. The molecule has 0 fully saturated rings. The molecule has 0 bridgehead atoms. The summed E-state index contributed by atoms with van der Waals surface area (Å²) in [7, 11) is 4.65. The van der Waals surface area contributed by atoms with Crippen molar-refractivity contribution in [2.24, 2.45) is 0 Å². The van der Waals surface area contributed by atoms with E-state index < -0.39 is 11.7 Å². The van der Waals surface area contributed by atoms with Crippen LogP contribution in [0.4, 0.5) is 13.2 Å². The van der Waals surface area contributed by atoms with Crippen molar-refractivity contribution in [2.45, 2.75) is 12.7 Å². The number of likely N-dealkylation sites (N-methyl/N-ethyl adjacent to an activating group) is 1. The van der Waals surface area contributed by atoms with Crippen molar-refractivity contribution < 1.29 is 27.4 Å². The molecular formula is C20H20F3NO3. The minimum Gasteiger partial charge on any atom is -0.497 e. The monoisotopic (exact) mass is 379 g/mol.